The van der Waals surface area contributed by atoms with Crippen molar-refractivity contribution in [3.8, 4) is 23.0 Å². The number of fused-ring (bicyclic) bond motifs is 1. The fraction of sp³-hybridized carbons (Fsp3) is 0.235. The molecule has 0 aromatic heterocycles. The summed E-state index contributed by atoms with van der Waals surface area (Å²) in [5.41, 5.74) is 0.824. The van der Waals surface area contributed by atoms with Crippen LogP contribution in [0.5, 0.6) is 23.0 Å². The molecule has 6 nitrogen and oxygen atoms in total. The molecule has 1 N–H and O–H groups in total. The number of rotatable bonds is 4. The summed E-state index contributed by atoms with van der Waals surface area (Å²) < 4.78 is 21.3. The second kappa shape index (κ2) is 6.88. The lowest BCUT2D eigenvalue weighted by Crippen LogP contribution is -2.17. The van der Waals surface area contributed by atoms with E-state index in [0.717, 1.165) is 0 Å². The number of anilines is 1. The smallest absolute Gasteiger partial charge is 0.255 e. The summed E-state index contributed by atoms with van der Waals surface area (Å²) in [5.74, 6) is 1.81. The number of hydrogen-bond donors (Lipinski definition) is 1. The van der Waals surface area contributed by atoms with Gasteiger partial charge < -0.3 is 24.3 Å². The Kier molecular flexibility index (Phi) is 4.66. The van der Waals surface area contributed by atoms with Crippen LogP contribution < -0.4 is 24.3 Å². The lowest BCUT2D eigenvalue weighted by molar-refractivity contribution is 0.102. The van der Waals surface area contributed by atoms with E-state index in [4.69, 9.17) is 30.5 Å². The number of carbonyl (C=O) groups excluding carboxylic acids is 1. The van der Waals surface area contributed by atoms with Crippen LogP contribution in [0.15, 0.2) is 30.3 Å². The first-order valence-corrected chi connectivity index (χ1v) is 7.62. The van der Waals surface area contributed by atoms with Crippen LogP contribution in [0.25, 0.3) is 0 Å². The average molecular weight is 350 g/mol. The molecule has 1 heterocycles. The van der Waals surface area contributed by atoms with Crippen LogP contribution in [-0.2, 0) is 0 Å². The van der Waals surface area contributed by atoms with Gasteiger partial charge in [0, 0.05) is 23.8 Å². The van der Waals surface area contributed by atoms with Crippen molar-refractivity contribution < 1.29 is 23.7 Å². The third-order valence-corrected chi connectivity index (χ3v) is 3.81. The highest BCUT2D eigenvalue weighted by Crippen LogP contribution is 2.38. The zero-order chi connectivity index (χ0) is 17.1. The second-order valence-corrected chi connectivity index (χ2v) is 5.44. The summed E-state index contributed by atoms with van der Waals surface area (Å²) in [6.45, 7) is 0.924. The molecular weight excluding hydrogens is 334 g/mol. The van der Waals surface area contributed by atoms with E-state index in [9.17, 15) is 4.79 Å². The van der Waals surface area contributed by atoms with Crippen molar-refractivity contribution in [2.24, 2.45) is 0 Å². The normalized spacial score (nSPS) is 12.5. The van der Waals surface area contributed by atoms with E-state index in [1.807, 2.05) is 0 Å². The van der Waals surface area contributed by atoms with Gasteiger partial charge in [-0.1, -0.05) is 11.6 Å². The Morgan fingerprint density at radius 3 is 2.17 bits per heavy atom. The molecule has 0 radical (unpaired) electrons. The lowest BCUT2D eigenvalue weighted by atomic mass is 10.1. The van der Waals surface area contributed by atoms with Crippen molar-refractivity contribution in [3.63, 3.8) is 0 Å². The van der Waals surface area contributed by atoms with E-state index >= 15 is 0 Å². The van der Waals surface area contributed by atoms with Gasteiger partial charge in [0.05, 0.1) is 24.9 Å². The summed E-state index contributed by atoms with van der Waals surface area (Å²) >= 11 is 6.21. The molecule has 126 valence electrons. The Balaban J connectivity index is 1.87. The van der Waals surface area contributed by atoms with Crippen molar-refractivity contribution in [2.75, 3.05) is 32.8 Å². The van der Waals surface area contributed by atoms with Crippen LogP contribution in [0.1, 0.15) is 10.4 Å². The highest BCUT2D eigenvalue weighted by molar-refractivity contribution is 6.34. The van der Waals surface area contributed by atoms with Crippen LogP contribution in [0, 0.1) is 0 Å². The van der Waals surface area contributed by atoms with Gasteiger partial charge >= 0.3 is 0 Å². The molecular formula is C17H16ClNO5. The van der Waals surface area contributed by atoms with Crippen molar-refractivity contribution in [3.05, 3.63) is 40.9 Å². The third kappa shape index (κ3) is 3.33. The van der Waals surface area contributed by atoms with Gasteiger partial charge in [-0.3, -0.25) is 4.79 Å². The monoisotopic (exact) mass is 349 g/mol. The fourth-order valence-electron chi connectivity index (χ4n) is 2.29. The number of nitrogens with one attached hydrogen (secondary N) is 1. The molecule has 0 spiro atoms. The van der Waals surface area contributed by atoms with Gasteiger partial charge in [0.1, 0.15) is 24.7 Å². The van der Waals surface area contributed by atoms with Crippen molar-refractivity contribution >= 4 is 23.2 Å². The summed E-state index contributed by atoms with van der Waals surface area (Å²) in [4.78, 5) is 12.5. The van der Waals surface area contributed by atoms with Crippen LogP contribution in [0.3, 0.4) is 0 Å². The predicted octanol–water partition coefficient (Wildman–Crippen LogP) is 3.38. The van der Waals surface area contributed by atoms with Crippen LogP contribution in [-0.4, -0.2) is 33.3 Å². The highest BCUT2D eigenvalue weighted by atomic mass is 35.5. The maximum absolute atomic E-state index is 12.5. The van der Waals surface area contributed by atoms with Crippen molar-refractivity contribution in [1.82, 2.24) is 0 Å². The van der Waals surface area contributed by atoms with Crippen LogP contribution >= 0.6 is 11.6 Å². The van der Waals surface area contributed by atoms with E-state index in [1.54, 1.807) is 30.3 Å². The molecule has 2 aromatic carbocycles. The second-order valence-electron chi connectivity index (χ2n) is 5.03. The van der Waals surface area contributed by atoms with Crippen LogP contribution in [0.4, 0.5) is 5.69 Å². The minimum atomic E-state index is -0.342. The molecule has 0 saturated heterocycles. The highest BCUT2D eigenvalue weighted by Gasteiger charge is 2.17. The van der Waals surface area contributed by atoms with E-state index < -0.39 is 0 Å². The molecule has 1 aliphatic rings. The molecule has 0 unspecified atom stereocenters. The minimum Gasteiger partial charge on any atom is -0.497 e. The summed E-state index contributed by atoms with van der Waals surface area (Å²) in [6, 6.07) is 8.19. The SMILES string of the molecule is COc1cc(OC)cc(C(=O)Nc2cc3c(cc2Cl)OCCO3)c1. The van der Waals surface area contributed by atoms with Gasteiger partial charge in [0.25, 0.3) is 5.91 Å². The molecule has 0 bridgehead atoms. The van der Waals surface area contributed by atoms with Gasteiger partial charge in [-0.15, -0.1) is 0 Å². The number of amides is 1. The van der Waals surface area contributed by atoms with Gasteiger partial charge in [0.15, 0.2) is 11.5 Å². The number of halogens is 1. The average Bonchev–Trinajstić information content (AvgIpc) is 2.61. The van der Waals surface area contributed by atoms with Crippen molar-refractivity contribution in [2.45, 2.75) is 0 Å². The van der Waals surface area contributed by atoms with E-state index in [0.29, 0.717) is 52.5 Å². The van der Waals surface area contributed by atoms with Gasteiger partial charge in [-0.05, 0) is 12.1 Å². The molecule has 0 fully saturated rings. The standard InChI is InChI=1S/C17H16ClNO5/c1-21-11-5-10(6-12(7-11)22-2)17(20)19-14-9-16-15(8-13(14)18)23-3-4-24-16/h5-9H,3-4H2,1-2H3,(H,19,20). The number of ether oxygens (including phenoxy) is 4. The fourth-order valence-corrected chi connectivity index (χ4v) is 2.49. The largest absolute Gasteiger partial charge is 0.497 e. The summed E-state index contributed by atoms with van der Waals surface area (Å²) in [7, 11) is 3.04. The molecule has 0 saturated carbocycles. The number of carbonyl (C=O) groups is 1. The van der Waals surface area contributed by atoms with Crippen molar-refractivity contribution in [1.29, 1.82) is 0 Å². The topological polar surface area (TPSA) is 66.0 Å². The molecule has 3 rings (SSSR count). The first kappa shape index (κ1) is 16.3. The maximum atomic E-state index is 12.5. The van der Waals surface area contributed by atoms with E-state index in [1.165, 1.54) is 14.2 Å². The summed E-state index contributed by atoms with van der Waals surface area (Å²) in [5, 5.41) is 3.13. The zero-order valence-electron chi connectivity index (χ0n) is 13.2. The predicted molar refractivity (Wildman–Crippen MR) is 89.9 cm³/mol. The zero-order valence-corrected chi connectivity index (χ0v) is 14.0. The first-order chi connectivity index (χ1) is 11.6. The van der Waals surface area contributed by atoms with E-state index in [-0.39, 0.29) is 5.91 Å². The Morgan fingerprint density at radius 2 is 1.58 bits per heavy atom. The van der Waals surface area contributed by atoms with E-state index in [2.05, 4.69) is 5.32 Å². The Morgan fingerprint density at radius 1 is 1.00 bits per heavy atom. The number of hydrogen-bond acceptors (Lipinski definition) is 5. The molecule has 1 aliphatic heterocycles. The summed E-state index contributed by atoms with van der Waals surface area (Å²) in [6.07, 6.45) is 0. The number of methoxy groups -OCH3 is 2. The molecule has 0 atom stereocenters. The van der Waals surface area contributed by atoms with Gasteiger partial charge in [0.2, 0.25) is 0 Å². The molecule has 1 amide bonds. The lowest BCUT2D eigenvalue weighted by Gasteiger charge is -2.20. The Labute approximate surface area is 144 Å². The third-order valence-electron chi connectivity index (χ3n) is 3.49. The Bertz CT molecular complexity index is 756. The molecule has 2 aromatic rings. The first-order valence-electron chi connectivity index (χ1n) is 7.24. The van der Waals surface area contributed by atoms with Crippen LogP contribution in [0.2, 0.25) is 5.02 Å². The molecule has 24 heavy (non-hydrogen) atoms. The number of benzene rings is 2. The molecule has 0 aliphatic carbocycles. The Hall–Kier alpha value is -2.60. The maximum Gasteiger partial charge on any atom is 0.255 e. The minimum absolute atomic E-state index is 0.342. The molecule has 7 heteroatoms. The van der Waals surface area contributed by atoms with Gasteiger partial charge in [-0.25, -0.2) is 0 Å². The van der Waals surface area contributed by atoms with Gasteiger partial charge in [-0.2, -0.15) is 0 Å². The quantitative estimate of drug-likeness (QED) is 0.916.